The first kappa shape index (κ1) is 21.1. The van der Waals surface area contributed by atoms with Gasteiger partial charge in [0.15, 0.2) is 0 Å². The number of hydrogen-bond acceptors (Lipinski definition) is 5. The molecule has 2 aliphatic carbocycles. The predicted molar refractivity (Wildman–Crippen MR) is 109 cm³/mol. The second kappa shape index (κ2) is 8.80. The van der Waals surface area contributed by atoms with Gasteiger partial charge in [-0.05, 0) is 42.4 Å². The zero-order valence-electron chi connectivity index (χ0n) is 16.1. The molecule has 0 bridgehead atoms. The van der Waals surface area contributed by atoms with Crippen LogP contribution < -0.4 is 0 Å². The number of carbonyl (C=O) groups excluding carboxylic acids is 1. The third-order valence-electron chi connectivity index (χ3n) is 6.17. The van der Waals surface area contributed by atoms with Crippen molar-refractivity contribution in [3.63, 3.8) is 0 Å². The number of ketones is 1. The van der Waals surface area contributed by atoms with Crippen LogP contribution in [0.2, 0.25) is 0 Å². The number of hydrogen-bond donors (Lipinski definition) is 3. The smallest absolute Gasteiger partial charge is 0.335 e. The maximum Gasteiger partial charge on any atom is 0.335 e. The van der Waals surface area contributed by atoms with Gasteiger partial charge in [0.25, 0.3) is 0 Å². The van der Waals surface area contributed by atoms with Gasteiger partial charge in [-0.3, -0.25) is 4.79 Å². The lowest BCUT2D eigenvalue weighted by Crippen LogP contribution is -2.38. The summed E-state index contributed by atoms with van der Waals surface area (Å²) in [6.07, 6.45) is 6.70. The summed E-state index contributed by atoms with van der Waals surface area (Å²) < 4.78 is 0. The van der Waals surface area contributed by atoms with E-state index >= 15 is 0 Å². The van der Waals surface area contributed by atoms with E-state index in [9.17, 15) is 19.8 Å². The molecular weight excluding hydrogens is 376 g/mol. The number of rotatable bonds is 8. The lowest BCUT2D eigenvalue weighted by Gasteiger charge is -2.42. The Kier molecular flexibility index (Phi) is 6.63. The van der Waals surface area contributed by atoms with Gasteiger partial charge in [0.1, 0.15) is 5.78 Å². The van der Waals surface area contributed by atoms with E-state index in [2.05, 4.69) is 6.92 Å². The first-order valence-electron chi connectivity index (χ1n) is 9.79. The van der Waals surface area contributed by atoms with Gasteiger partial charge in [-0.1, -0.05) is 37.6 Å². The molecule has 3 unspecified atom stereocenters. The number of thioether (sulfide) groups is 1. The van der Waals surface area contributed by atoms with Crippen molar-refractivity contribution in [2.75, 3.05) is 0 Å². The van der Waals surface area contributed by atoms with Crippen LogP contribution in [0.5, 0.6) is 0 Å². The van der Waals surface area contributed by atoms with E-state index in [1.54, 1.807) is 24.3 Å². The Balaban J connectivity index is 1.57. The minimum Gasteiger partial charge on any atom is -0.478 e. The van der Waals surface area contributed by atoms with Crippen LogP contribution in [0.4, 0.5) is 0 Å². The molecule has 0 aliphatic heterocycles. The molecule has 5 nitrogen and oxygen atoms in total. The molecule has 6 heteroatoms. The third-order valence-corrected chi connectivity index (χ3v) is 7.61. The number of Topliss-reactive ketones (excluding diaryl/α,β-unsaturated/α-hetero) is 1. The molecule has 1 aromatic carbocycles. The molecule has 2 aliphatic rings. The molecule has 0 aromatic heterocycles. The maximum absolute atomic E-state index is 12.3. The van der Waals surface area contributed by atoms with Crippen molar-refractivity contribution in [3.05, 3.63) is 47.5 Å². The van der Waals surface area contributed by atoms with Gasteiger partial charge in [-0.2, -0.15) is 0 Å². The quantitative estimate of drug-likeness (QED) is 0.575. The Bertz CT molecular complexity index is 738. The summed E-state index contributed by atoms with van der Waals surface area (Å²) >= 11 is 1.48. The highest BCUT2D eigenvalue weighted by Gasteiger charge is 2.41. The van der Waals surface area contributed by atoms with Gasteiger partial charge in [0.05, 0.1) is 23.0 Å². The van der Waals surface area contributed by atoms with Crippen LogP contribution in [0.1, 0.15) is 54.9 Å². The SMILES string of the molecule is CC1(C(O)C/C=C/[C@H]2C(O)CC(=O)C2SCc2ccc(C(=O)O)cc2)CCC1. The second-order valence-corrected chi connectivity index (χ2v) is 9.37. The van der Waals surface area contributed by atoms with Gasteiger partial charge < -0.3 is 15.3 Å². The Labute approximate surface area is 169 Å². The second-order valence-electron chi connectivity index (χ2n) is 8.24. The van der Waals surface area contributed by atoms with Crippen molar-refractivity contribution in [1.82, 2.24) is 0 Å². The van der Waals surface area contributed by atoms with Crippen molar-refractivity contribution >= 4 is 23.5 Å². The van der Waals surface area contributed by atoms with Crippen LogP contribution in [-0.2, 0) is 10.5 Å². The third kappa shape index (κ3) is 4.67. The minimum atomic E-state index is -0.962. The van der Waals surface area contributed by atoms with Crippen molar-refractivity contribution in [2.45, 2.75) is 62.2 Å². The van der Waals surface area contributed by atoms with Crippen molar-refractivity contribution in [2.24, 2.45) is 11.3 Å². The topological polar surface area (TPSA) is 94.8 Å². The number of carboxylic acid groups (broad SMARTS) is 1. The lowest BCUT2D eigenvalue weighted by atomic mass is 9.66. The normalized spacial score (nSPS) is 27.7. The summed E-state index contributed by atoms with van der Waals surface area (Å²) in [6, 6.07) is 6.63. The summed E-state index contributed by atoms with van der Waals surface area (Å²) in [4.78, 5) is 23.3. The lowest BCUT2D eigenvalue weighted by molar-refractivity contribution is -0.117. The Morgan fingerprint density at radius 2 is 2.00 bits per heavy atom. The fourth-order valence-corrected chi connectivity index (χ4v) is 5.30. The maximum atomic E-state index is 12.3. The number of benzene rings is 1. The van der Waals surface area contributed by atoms with Crippen LogP contribution >= 0.6 is 11.8 Å². The van der Waals surface area contributed by atoms with Gasteiger partial charge >= 0.3 is 5.97 Å². The molecule has 152 valence electrons. The van der Waals surface area contributed by atoms with Crippen molar-refractivity contribution < 1.29 is 24.9 Å². The van der Waals surface area contributed by atoms with Crippen molar-refractivity contribution in [1.29, 1.82) is 0 Å². The highest BCUT2D eigenvalue weighted by molar-refractivity contribution is 7.99. The van der Waals surface area contributed by atoms with Crippen LogP contribution in [0.15, 0.2) is 36.4 Å². The average molecular weight is 405 g/mol. The molecule has 3 rings (SSSR count). The fraction of sp³-hybridized carbons (Fsp3) is 0.545. The first-order chi connectivity index (χ1) is 13.3. The Morgan fingerprint density at radius 1 is 1.32 bits per heavy atom. The van der Waals surface area contributed by atoms with E-state index in [1.807, 2.05) is 12.2 Å². The molecule has 0 radical (unpaired) electrons. The fourth-order valence-electron chi connectivity index (χ4n) is 3.95. The molecule has 4 atom stereocenters. The summed E-state index contributed by atoms with van der Waals surface area (Å²) in [7, 11) is 0. The van der Waals surface area contributed by atoms with Gasteiger partial charge in [-0.15, -0.1) is 11.8 Å². The molecular formula is C22H28O5S. The Hall–Kier alpha value is -1.63. The van der Waals surface area contributed by atoms with Gasteiger partial charge in [0.2, 0.25) is 0 Å². The Morgan fingerprint density at radius 3 is 2.57 bits per heavy atom. The number of aliphatic hydroxyl groups excluding tert-OH is 2. The summed E-state index contributed by atoms with van der Waals surface area (Å²) in [5.74, 6) is -0.594. The molecule has 0 amide bonds. The zero-order valence-corrected chi connectivity index (χ0v) is 16.9. The van der Waals surface area contributed by atoms with Crippen LogP contribution in [0.25, 0.3) is 0 Å². The standard InChI is InChI=1S/C22H28O5S/c1-22(10-3-11-22)19(25)5-2-4-16-17(23)12-18(24)20(16)28-13-14-6-8-15(9-7-14)21(26)27/h2,4,6-9,16-17,19-20,23,25H,3,5,10-13H2,1H3,(H,26,27)/b4-2+/t16-,17?,19?,20?/m0/s1. The summed E-state index contributed by atoms with van der Waals surface area (Å²) in [5.41, 5.74) is 1.19. The van der Waals surface area contributed by atoms with E-state index < -0.39 is 12.1 Å². The zero-order chi connectivity index (χ0) is 20.3. The van der Waals surface area contributed by atoms with Crippen molar-refractivity contribution in [3.8, 4) is 0 Å². The summed E-state index contributed by atoms with van der Waals surface area (Å²) in [6.45, 7) is 2.11. The van der Waals surface area contributed by atoms with E-state index in [0.29, 0.717) is 12.2 Å². The van der Waals surface area contributed by atoms with Crippen LogP contribution in [-0.4, -0.2) is 44.5 Å². The molecule has 0 heterocycles. The highest BCUT2D eigenvalue weighted by atomic mass is 32.2. The molecule has 2 fully saturated rings. The number of aliphatic hydroxyl groups is 2. The molecule has 2 saturated carbocycles. The first-order valence-corrected chi connectivity index (χ1v) is 10.8. The summed E-state index contributed by atoms with van der Waals surface area (Å²) in [5, 5.41) is 29.3. The molecule has 3 N–H and O–H groups in total. The van der Waals surface area contributed by atoms with E-state index in [4.69, 9.17) is 5.11 Å². The number of aromatic carboxylic acids is 1. The van der Waals surface area contributed by atoms with E-state index in [0.717, 1.165) is 18.4 Å². The van der Waals surface area contributed by atoms with Crippen LogP contribution in [0.3, 0.4) is 0 Å². The molecule has 28 heavy (non-hydrogen) atoms. The van der Waals surface area contributed by atoms with Gasteiger partial charge in [-0.25, -0.2) is 4.79 Å². The minimum absolute atomic E-state index is 0.00468. The molecule has 1 aromatic rings. The van der Waals surface area contributed by atoms with E-state index in [-0.39, 0.29) is 40.5 Å². The molecule has 0 spiro atoms. The average Bonchev–Trinajstić information content (AvgIpc) is 2.91. The van der Waals surface area contributed by atoms with Crippen LogP contribution in [0, 0.1) is 11.3 Å². The number of carboxylic acids is 1. The predicted octanol–water partition coefficient (Wildman–Crippen LogP) is 3.43. The van der Waals surface area contributed by atoms with E-state index in [1.165, 1.54) is 18.2 Å². The largest absolute Gasteiger partial charge is 0.478 e. The van der Waals surface area contributed by atoms with Gasteiger partial charge in [0, 0.05) is 18.1 Å². The number of carbonyl (C=O) groups is 2. The monoisotopic (exact) mass is 404 g/mol. The highest BCUT2D eigenvalue weighted by Crippen LogP contribution is 2.44. The molecule has 0 saturated heterocycles.